The maximum Gasteiger partial charge on any atom is 0.125 e. The number of aliphatic hydroxyl groups is 1. The zero-order valence-corrected chi connectivity index (χ0v) is 12.7. The predicted molar refractivity (Wildman–Crippen MR) is 77.9 cm³/mol. The highest BCUT2D eigenvalue weighted by Gasteiger charge is 2.09. The Labute approximate surface area is 116 Å². The number of hydrogen-bond donors (Lipinski definition) is 1. The monoisotopic (exact) mass is 266 g/mol. The van der Waals surface area contributed by atoms with Crippen molar-refractivity contribution in [2.24, 2.45) is 0 Å². The molecule has 0 aliphatic rings. The Morgan fingerprint density at radius 1 is 1.11 bits per heavy atom. The van der Waals surface area contributed by atoms with Gasteiger partial charge in [-0.3, -0.25) is 0 Å². The Kier molecular flexibility index (Phi) is 6.32. The van der Waals surface area contributed by atoms with Crippen LogP contribution in [-0.2, 0) is 11.2 Å². The molecule has 0 radical (unpaired) electrons. The molecule has 0 amide bonds. The second kappa shape index (κ2) is 7.51. The first kappa shape index (κ1) is 16.0. The van der Waals surface area contributed by atoms with Gasteiger partial charge in [0.15, 0.2) is 0 Å². The van der Waals surface area contributed by atoms with Crippen LogP contribution in [0.15, 0.2) is 12.1 Å². The predicted octanol–water partition coefficient (Wildman–Crippen LogP) is 3.03. The smallest absolute Gasteiger partial charge is 0.125 e. The molecule has 108 valence electrons. The van der Waals surface area contributed by atoms with Gasteiger partial charge in [-0.15, -0.1) is 0 Å². The highest BCUT2D eigenvalue weighted by atomic mass is 16.5. The van der Waals surface area contributed by atoms with Crippen molar-refractivity contribution in [3.05, 3.63) is 28.8 Å². The maximum atomic E-state index is 9.17. The van der Waals surface area contributed by atoms with Gasteiger partial charge in [-0.25, -0.2) is 0 Å². The Balaban J connectivity index is 2.58. The van der Waals surface area contributed by atoms with Crippen LogP contribution in [0, 0.1) is 13.8 Å². The average molecular weight is 266 g/mol. The van der Waals surface area contributed by atoms with Crippen LogP contribution in [0.2, 0.25) is 0 Å². The molecule has 0 heterocycles. The van der Waals surface area contributed by atoms with Gasteiger partial charge < -0.3 is 14.6 Å². The van der Waals surface area contributed by atoms with Gasteiger partial charge in [-0.2, -0.15) is 0 Å². The van der Waals surface area contributed by atoms with Gasteiger partial charge in [0.05, 0.1) is 18.8 Å². The summed E-state index contributed by atoms with van der Waals surface area (Å²) in [5, 5.41) is 9.17. The van der Waals surface area contributed by atoms with Gasteiger partial charge in [0.2, 0.25) is 0 Å². The van der Waals surface area contributed by atoms with E-state index in [0.29, 0.717) is 13.2 Å². The molecule has 3 heteroatoms. The molecule has 3 nitrogen and oxygen atoms in total. The van der Waals surface area contributed by atoms with Crippen molar-refractivity contribution in [2.45, 2.75) is 53.2 Å². The summed E-state index contributed by atoms with van der Waals surface area (Å²) in [6.07, 6.45) is 0.574. The van der Waals surface area contributed by atoms with E-state index >= 15 is 0 Å². The zero-order valence-electron chi connectivity index (χ0n) is 12.7. The summed E-state index contributed by atoms with van der Waals surface area (Å²) in [5.41, 5.74) is 3.67. The molecule has 1 aromatic carbocycles. The van der Waals surface area contributed by atoms with Crippen molar-refractivity contribution < 1.29 is 14.6 Å². The topological polar surface area (TPSA) is 38.7 Å². The first-order valence-corrected chi connectivity index (χ1v) is 6.96. The summed E-state index contributed by atoms with van der Waals surface area (Å²) in [4.78, 5) is 0. The van der Waals surface area contributed by atoms with Crippen LogP contribution < -0.4 is 4.74 Å². The van der Waals surface area contributed by atoms with Crippen LogP contribution in [0.3, 0.4) is 0 Å². The molecule has 0 fully saturated rings. The average Bonchev–Trinajstić information content (AvgIpc) is 2.34. The van der Waals surface area contributed by atoms with E-state index in [4.69, 9.17) is 14.6 Å². The molecule has 0 aliphatic heterocycles. The first-order chi connectivity index (χ1) is 8.93. The van der Waals surface area contributed by atoms with E-state index in [1.165, 1.54) is 16.7 Å². The normalized spacial score (nSPS) is 14.2. The highest BCUT2D eigenvalue weighted by molar-refractivity contribution is 5.43. The van der Waals surface area contributed by atoms with Gasteiger partial charge in [0.25, 0.3) is 0 Å². The summed E-state index contributed by atoms with van der Waals surface area (Å²) in [6.45, 7) is 10.8. The Hall–Kier alpha value is -1.06. The summed E-state index contributed by atoms with van der Waals surface area (Å²) in [6, 6.07) is 4.34. The van der Waals surface area contributed by atoms with Gasteiger partial charge >= 0.3 is 0 Å². The van der Waals surface area contributed by atoms with E-state index in [2.05, 4.69) is 32.9 Å². The van der Waals surface area contributed by atoms with Crippen molar-refractivity contribution in [2.75, 3.05) is 13.2 Å². The molecule has 0 spiro atoms. The SMILES string of the molecule is CCc1cc(C)c(OCC(C)OCC(C)O)c(C)c1. The fourth-order valence-electron chi connectivity index (χ4n) is 2.02. The number of ether oxygens (including phenoxy) is 2. The largest absolute Gasteiger partial charge is 0.490 e. The van der Waals surface area contributed by atoms with Crippen molar-refractivity contribution in [1.29, 1.82) is 0 Å². The molecule has 0 saturated heterocycles. The third-order valence-corrected chi connectivity index (χ3v) is 3.01. The Morgan fingerprint density at radius 2 is 1.68 bits per heavy atom. The van der Waals surface area contributed by atoms with Crippen molar-refractivity contribution >= 4 is 0 Å². The lowest BCUT2D eigenvalue weighted by Gasteiger charge is -2.18. The summed E-state index contributed by atoms with van der Waals surface area (Å²) >= 11 is 0. The molecular formula is C16H26O3. The maximum absolute atomic E-state index is 9.17. The van der Waals surface area contributed by atoms with Crippen LogP contribution in [0.25, 0.3) is 0 Å². The standard InChI is InChI=1S/C16H26O3/c1-6-15-7-11(2)16(12(3)8-15)19-10-14(5)18-9-13(4)17/h7-8,13-14,17H,6,9-10H2,1-5H3. The van der Waals surface area contributed by atoms with Gasteiger partial charge in [0, 0.05) is 0 Å². The Bertz CT molecular complexity index is 376. The minimum absolute atomic E-state index is 0.0285. The third kappa shape index (κ3) is 5.21. The highest BCUT2D eigenvalue weighted by Crippen LogP contribution is 2.25. The fourth-order valence-corrected chi connectivity index (χ4v) is 2.02. The molecule has 19 heavy (non-hydrogen) atoms. The van der Waals surface area contributed by atoms with Gasteiger partial charge in [-0.1, -0.05) is 19.1 Å². The molecule has 1 rings (SSSR count). The van der Waals surface area contributed by atoms with E-state index in [1.54, 1.807) is 6.92 Å². The van der Waals surface area contributed by atoms with Gasteiger partial charge in [0.1, 0.15) is 12.4 Å². The van der Waals surface area contributed by atoms with E-state index in [-0.39, 0.29) is 6.10 Å². The summed E-state index contributed by atoms with van der Waals surface area (Å²) in [5.74, 6) is 0.949. The number of benzene rings is 1. The lowest BCUT2D eigenvalue weighted by molar-refractivity contribution is -0.0133. The number of aryl methyl sites for hydroxylation is 3. The molecule has 0 aliphatic carbocycles. The second-order valence-corrected chi connectivity index (χ2v) is 5.22. The first-order valence-electron chi connectivity index (χ1n) is 6.96. The number of hydrogen-bond acceptors (Lipinski definition) is 3. The quantitative estimate of drug-likeness (QED) is 0.824. The van der Waals surface area contributed by atoms with E-state index in [0.717, 1.165) is 12.2 Å². The minimum atomic E-state index is -0.435. The molecule has 1 aromatic rings. The molecule has 0 aromatic heterocycles. The molecule has 1 N–H and O–H groups in total. The molecule has 0 bridgehead atoms. The van der Waals surface area contributed by atoms with Crippen LogP contribution >= 0.6 is 0 Å². The zero-order chi connectivity index (χ0) is 14.4. The van der Waals surface area contributed by atoms with Crippen LogP contribution in [0.1, 0.15) is 37.5 Å². The van der Waals surface area contributed by atoms with Crippen molar-refractivity contribution in [3.63, 3.8) is 0 Å². The van der Waals surface area contributed by atoms with Crippen LogP contribution in [0.5, 0.6) is 5.75 Å². The lowest BCUT2D eigenvalue weighted by Crippen LogP contribution is -2.23. The number of aliphatic hydroxyl groups excluding tert-OH is 1. The summed E-state index contributed by atoms with van der Waals surface area (Å²) in [7, 11) is 0. The van der Waals surface area contributed by atoms with E-state index in [1.807, 2.05) is 6.92 Å². The molecule has 2 atom stereocenters. The molecule has 0 saturated carbocycles. The second-order valence-electron chi connectivity index (χ2n) is 5.22. The number of rotatable bonds is 7. The summed E-state index contributed by atoms with van der Waals surface area (Å²) < 4.78 is 11.3. The fraction of sp³-hybridized carbons (Fsp3) is 0.625. The van der Waals surface area contributed by atoms with Gasteiger partial charge in [-0.05, 0) is 50.8 Å². The lowest BCUT2D eigenvalue weighted by atomic mass is 10.0. The molecular weight excluding hydrogens is 240 g/mol. The van der Waals surface area contributed by atoms with Crippen LogP contribution in [-0.4, -0.2) is 30.5 Å². The van der Waals surface area contributed by atoms with Crippen molar-refractivity contribution in [3.8, 4) is 5.75 Å². The van der Waals surface area contributed by atoms with E-state index in [9.17, 15) is 0 Å². The minimum Gasteiger partial charge on any atom is -0.490 e. The van der Waals surface area contributed by atoms with Crippen molar-refractivity contribution in [1.82, 2.24) is 0 Å². The third-order valence-electron chi connectivity index (χ3n) is 3.01. The van der Waals surface area contributed by atoms with E-state index < -0.39 is 6.10 Å². The molecule has 2 unspecified atom stereocenters. The Morgan fingerprint density at radius 3 is 2.16 bits per heavy atom. The van der Waals surface area contributed by atoms with Crippen LogP contribution in [0.4, 0.5) is 0 Å².